The monoisotopic (exact) mass is 399 g/mol. The summed E-state index contributed by atoms with van der Waals surface area (Å²) in [5.41, 5.74) is 4.39. The van der Waals surface area contributed by atoms with Gasteiger partial charge in [0.15, 0.2) is 0 Å². The molecular weight excluding hydrogens is 374 g/mol. The number of hydrogen-bond acceptors (Lipinski definition) is 4. The summed E-state index contributed by atoms with van der Waals surface area (Å²) in [6, 6.07) is 16.6. The van der Waals surface area contributed by atoms with E-state index in [0.29, 0.717) is 18.4 Å². The third kappa shape index (κ3) is 3.46. The first kappa shape index (κ1) is 18.8. The van der Waals surface area contributed by atoms with Gasteiger partial charge >= 0.3 is 0 Å². The molecule has 152 valence electrons. The highest BCUT2D eigenvalue weighted by Gasteiger charge is 2.43. The molecule has 2 N–H and O–H groups in total. The van der Waals surface area contributed by atoms with E-state index in [4.69, 9.17) is 0 Å². The number of hydrogen-bond donors (Lipinski definition) is 2. The van der Waals surface area contributed by atoms with Crippen LogP contribution in [0.5, 0.6) is 0 Å². The fourth-order valence-electron chi connectivity index (χ4n) is 4.95. The van der Waals surface area contributed by atoms with Crippen LogP contribution in [0.3, 0.4) is 0 Å². The van der Waals surface area contributed by atoms with Gasteiger partial charge in [-0.1, -0.05) is 30.3 Å². The summed E-state index contributed by atoms with van der Waals surface area (Å²) in [5, 5.41) is 21.3. The Labute approximate surface area is 175 Å². The van der Waals surface area contributed by atoms with Crippen molar-refractivity contribution in [3.8, 4) is 17.2 Å². The molecule has 2 heterocycles. The highest BCUT2D eigenvalue weighted by molar-refractivity contribution is 5.85. The van der Waals surface area contributed by atoms with Gasteiger partial charge in [-0.15, -0.1) is 0 Å². The molecule has 1 aromatic heterocycles. The highest BCUT2D eigenvalue weighted by atomic mass is 16.2. The molecule has 4 atom stereocenters. The average molecular weight is 399 g/mol. The standard InChI is InChI=1S/C24H25N5O/c1-29-22-9-7-17(11-19(22)14-26-29)16-4-2-15(3-5-16)10-21(13-25)28-24(30)23-18-6-8-20(12-18)27-23/h2-5,7,9,11,14,18,20-21,23,27H,6,8,10,12H2,1H3,(H,28,30)/t18-,20+,21-,23-/m0/s1. The lowest BCUT2D eigenvalue weighted by atomic mass is 9.98. The van der Waals surface area contributed by atoms with E-state index in [1.54, 1.807) is 0 Å². The molecule has 1 saturated carbocycles. The molecular formula is C24H25N5O. The maximum atomic E-state index is 12.6. The number of carbonyl (C=O) groups is 1. The van der Waals surface area contributed by atoms with Crippen LogP contribution in [-0.4, -0.2) is 33.8 Å². The first-order valence-electron chi connectivity index (χ1n) is 10.6. The lowest BCUT2D eigenvalue weighted by Gasteiger charge is -2.23. The van der Waals surface area contributed by atoms with Crippen LogP contribution in [0.2, 0.25) is 0 Å². The van der Waals surface area contributed by atoms with E-state index in [0.717, 1.165) is 46.9 Å². The minimum atomic E-state index is -0.518. The van der Waals surface area contributed by atoms with Gasteiger partial charge in [-0.05, 0) is 54.0 Å². The third-order valence-corrected chi connectivity index (χ3v) is 6.59. The lowest BCUT2D eigenvalue weighted by Crippen LogP contribution is -2.50. The molecule has 6 heteroatoms. The quantitative estimate of drug-likeness (QED) is 0.691. The molecule has 2 fully saturated rings. The summed E-state index contributed by atoms with van der Waals surface area (Å²) >= 11 is 0. The van der Waals surface area contributed by atoms with E-state index in [1.165, 1.54) is 0 Å². The molecule has 2 aliphatic rings. The molecule has 30 heavy (non-hydrogen) atoms. The molecule has 5 rings (SSSR count). The second-order valence-electron chi connectivity index (χ2n) is 8.55. The molecule has 3 aromatic rings. The summed E-state index contributed by atoms with van der Waals surface area (Å²) in [4.78, 5) is 12.6. The van der Waals surface area contributed by atoms with Crippen LogP contribution >= 0.6 is 0 Å². The van der Waals surface area contributed by atoms with Crippen molar-refractivity contribution in [1.29, 1.82) is 5.26 Å². The molecule has 1 saturated heterocycles. The van der Waals surface area contributed by atoms with Crippen LogP contribution in [0.25, 0.3) is 22.0 Å². The molecule has 1 aliphatic heterocycles. The summed E-state index contributed by atoms with van der Waals surface area (Å²) in [6.07, 6.45) is 5.74. The lowest BCUT2D eigenvalue weighted by molar-refractivity contribution is -0.124. The smallest absolute Gasteiger partial charge is 0.238 e. The number of nitrogens with one attached hydrogen (secondary N) is 2. The molecule has 2 bridgehead atoms. The van der Waals surface area contributed by atoms with Crippen molar-refractivity contribution in [3.63, 3.8) is 0 Å². The first-order valence-corrected chi connectivity index (χ1v) is 10.6. The van der Waals surface area contributed by atoms with Gasteiger partial charge in [-0.25, -0.2) is 0 Å². The molecule has 0 spiro atoms. The Morgan fingerprint density at radius 3 is 2.77 bits per heavy atom. The van der Waals surface area contributed by atoms with Crippen LogP contribution in [0, 0.1) is 17.2 Å². The predicted octanol–water partition coefficient (Wildman–Crippen LogP) is 2.93. The average Bonchev–Trinajstić information content (AvgIpc) is 3.50. The molecule has 0 radical (unpaired) electrons. The Morgan fingerprint density at radius 2 is 2.07 bits per heavy atom. The van der Waals surface area contributed by atoms with Crippen LogP contribution < -0.4 is 10.6 Å². The van der Waals surface area contributed by atoms with Crippen LogP contribution in [0.15, 0.2) is 48.7 Å². The molecule has 0 unspecified atom stereocenters. The number of aryl methyl sites for hydroxylation is 1. The van der Waals surface area contributed by atoms with Gasteiger partial charge in [0, 0.05) is 24.9 Å². The summed E-state index contributed by atoms with van der Waals surface area (Å²) in [7, 11) is 1.94. The van der Waals surface area contributed by atoms with E-state index in [1.807, 2.05) is 30.1 Å². The summed E-state index contributed by atoms with van der Waals surface area (Å²) in [6.45, 7) is 0. The highest BCUT2D eigenvalue weighted by Crippen LogP contribution is 2.35. The summed E-state index contributed by atoms with van der Waals surface area (Å²) < 4.78 is 1.87. The third-order valence-electron chi connectivity index (χ3n) is 6.59. The van der Waals surface area contributed by atoms with E-state index < -0.39 is 6.04 Å². The molecule has 1 aliphatic carbocycles. The van der Waals surface area contributed by atoms with E-state index in [9.17, 15) is 10.1 Å². The first-order chi connectivity index (χ1) is 14.6. The number of fused-ring (bicyclic) bond motifs is 3. The number of nitriles is 1. The van der Waals surface area contributed by atoms with Crippen LogP contribution in [-0.2, 0) is 18.3 Å². The Hall–Kier alpha value is -3.17. The zero-order chi connectivity index (χ0) is 20.7. The predicted molar refractivity (Wildman–Crippen MR) is 115 cm³/mol. The number of nitrogens with zero attached hydrogens (tertiary/aromatic N) is 3. The van der Waals surface area contributed by atoms with Gasteiger partial charge in [-0.3, -0.25) is 9.48 Å². The van der Waals surface area contributed by atoms with Gasteiger partial charge in [0.25, 0.3) is 0 Å². The van der Waals surface area contributed by atoms with E-state index in [2.05, 4.69) is 52.1 Å². The normalized spacial score (nSPS) is 23.4. The van der Waals surface area contributed by atoms with Gasteiger partial charge in [0.05, 0.1) is 23.8 Å². The minimum Gasteiger partial charge on any atom is -0.339 e. The van der Waals surface area contributed by atoms with Crippen molar-refractivity contribution in [2.24, 2.45) is 13.0 Å². The van der Waals surface area contributed by atoms with E-state index in [-0.39, 0.29) is 11.9 Å². The number of piperidine rings is 1. The number of rotatable bonds is 5. The van der Waals surface area contributed by atoms with Crippen molar-refractivity contribution in [2.75, 3.05) is 0 Å². The van der Waals surface area contributed by atoms with Crippen molar-refractivity contribution in [2.45, 2.75) is 43.8 Å². The van der Waals surface area contributed by atoms with Crippen LogP contribution in [0.1, 0.15) is 24.8 Å². The van der Waals surface area contributed by atoms with Gasteiger partial charge in [0.2, 0.25) is 5.91 Å². The fraction of sp³-hybridized carbons (Fsp3) is 0.375. The van der Waals surface area contributed by atoms with Gasteiger partial charge in [-0.2, -0.15) is 10.4 Å². The van der Waals surface area contributed by atoms with Crippen LogP contribution in [0.4, 0.5) is 0 Å². The van der Waals surface area contributed by atoms with Crippen molar-refractivity contribution in [1.82, 2.24) is 20.4 Å². The molecule has 6 nitrogen and oxygen atoms in total. The Bertz CT molecular complexity index is 1130. The van der Waals surface area contributed by atoms with Crippen molar-refractivity contribution >= 4 is 16.8 Å². The Morgan fingerprint density at radius 1 is 1.27 bits per heavy atom. The summed E-state index contributed by atoms with van der Waals surface area (Å²) in [5.74, 6) is 0.390. The van der Waals surface area contributed by atoms with E-state index >= 15 is 0 Å². The van der Waals surface area contributed by atoms with Gasteiger partial charge in [0.1, 0.15) is 6.04 Å². The Kier molecular flexibility index (Phi) is 4.76. The van der Waals surface area contributed by atoms with Gasteiger partial charge < -0.3 is 10.6 Å². The zero-order valence-electron chi connectivity index (χ0n) is 17.0. The number of amides is 1. The number of aromatic nitrogens is 2. The Balaban J connectivity index is 1.25. The largest absolute Gasteiger partial charge is 0.339 e. The maximum absolute atomic E-state index is 12.6. The zero-order valence-corrected chi connectivity index (χ0v) is 17.0. The second kappa shape index (κ2) is 7.58. The minimum absolute atomic E-state index is 0.0323. The molecule has 1 amide bonds. The second-order valence-corrected chi connectivity index (χ2v) is 8.55. The topological polar surface area (TPSA) is 82.7 Å². The number of benzene rings is 2. The maximum Gasteiger partial charge on any atom is 0.238 e. The fourth-order valence-corrected chi connectivity index (χ4v) is 4.95. The van der Waals surface area contributed by atoms with Crippen molar-refractivity contribution in [3.05, 3.63) is 54.2 Å². The SMILES string of the molecule is Cn1ncc2cc(-c3ccc(C[C@@H](C#N)NC(=O)[C@H]4N[C@@H]5CC[C@H]4C5)cc3)ccc21. The number of carbonyl (C=O) groups excluding carboxylic acids is 1. The van der Waals surface area contributed by atoms with Crippen molar-refractivity contribution < 1.29 is 4.79 Å². The molecule has 2 aromatic carbocycles.